The van der Waals surface area contributed by atoms with Gasteiger partial charge in [0.2, 0.25) is 11.6 Å². The fourth-order valence-electron chi connectivity index (χ4n) is 4.79. The molecule has 2 aliphatic carbocycles. The van der Waals surface area contributed by atoms with Crippen molar-refractivity contribution in [2.45, 2.75) is 70.4 Å². The van der Waals surface area contributed by atoms with Crippen LogP contribution in [0, 0.1) is 10.8 Å². The second kappa shape index (κ2) is 3.47. The van der Waals surface area contributed by atoms with E-state index in [4.69, 9.17) is 9.47 Å². The van der Waals surface area contributed by atoms with Gasteiger partial charge in [-0.2, -0.15) is 0 Å². The number of ether oxygens (including phenoxy) is 2. The van der Waals surface area contributed by atoms with Crippen LogP contribution in [-0.4, -0.2) is 22.7 Å². The van der Waals surface area contributed by atoms with Crippen LogP contribution in [0.3, 0.4) is 0 Å². The Morgan fingerprint density at radius 1 is 1.25 bits per heavy atom. The molecule has 4 heteroatoms. The van der Waals surface area contributed by atoms with E-state index < -0.39 is 17.5 Å². The maximum atomic E-state index is 11.7. The Bertz CT molecular complexity index is 509. The smallest absolute Gasteiger partial charge is 0.332 e. The van der Waals surface area contributed by atoms with Crippen molar-refractivity contribution in [2.75, 3.05) is 0 Å². The van der Waals surface area contributed by atoms with E-state index in [0.29, 0.717) is 12.0 Å². The third kappa shape index (κ3) is 1.58. The molecule has 20 heavy (non-hydrogen) atoms. The summed E-state index contributed by atoms with van der Waals surface area (Å²) in [7, 11) is 0. The molecule has 1 saturated carbocycles. The summed E-state index contributed by atoms with van der Waals surface area (Å²) in [5.41, 5.74) is 0.408. The third-order valence-corrected chi connectivity index (χ3v) is 5.80. The van der Waals surface area contributed by atoms with E-state index in [2.05, 4.69) is 13.8 Å². The number of rotatable bonds is 3. The summed E-state index contributed by atoms with van der Waals surface area (Å²) >= 11 is 0. The van der Waals surface area contributed by atoms with E-state index in [-0.39, 0.29) is 10.8 Å². The standard InChI is InChI=1S/C16H22O4/c1-13(6-4-3-5-7-13)9-14(2)10-16-15(19-16,20-16)8-11(14)12(17)18/h8H,3-7,9-10H2,1-2H3,(H,17,18). The first-order valence-corrected chi connectivity index (χ1v) is 7.69. The quantitative estimate of drug-likeness (QED) is 0.805. The highest BCUT2D eigenvalue weighted by atomic mass is 17.0. The number of carbonyl (C=O) groups is 1. The molecular weight excluding hydrogens is 256 g/mol. The van der Waals surface area contributed by atoms with Crippen LogP contribution in [0.25, 0.3) is 0 Å². The van der Waals surface area contributed by atoms with Crippen LogP contribution in [0.5, 0.6) is 0 Å². The van der Waals surface area contributed by atoms with Crippen molar-refractivity contribution < 1.29 is 19.4 Å². The minimum Gasteiger partial charge on any atom is -0.478 e. The lowest BCUT2D eigenvalue weighted by Crippen LogP contribution is -2.36. The van der Waals surface area contributed by atoms with Gasteiger partial charge in [0.15, 0.2) is 0 Å². The largest absolute Gasteiger partial charge is 0.478 e. The molecule has 2 aliphatic heterocycles. The molecule has 0 aromatic carbocycles. The van der Waals surface area contributed by atoms with Crippen LogP contribution < -0.4 is 0 Å². The topological polar surface area (TPSA) is 62.4 Å². The van der Waals surface area contributed by atoms with Crippen LogP contribution in [0.4, 0.5) is 0 Å². The van der Waals surface area contributed by atoms with Crippen LogP contribution in [0.15, 0.2) is 11.6 Å². The Kier molecular flexibility index (Phi) is 2.23. The third-order valence-electron chi connectivity index (χ3n) is 5.80. The van der Waals surface area contributed by atoms with E-state index in [9.17, 15) is 9.90 Å². The molecule has 0 bridgehead atoms. The lowest BCUT2D eigenvalue weighted by Gasteiger charge is -2.42. The number of hydrogen-bond acceptors (Lipinski definition) is 3. The first-order chi connectivity index (χ1) is 9.32. The Hall–Kier alpha value is -0.870. The predicted octanol–water partition coefficient (Wildman–Crippen LogP) is 3.22. The van der Waals surface area contributed by atoms with Crippen LogP contribution >= 0.6 is 0 Å². The molecule has 0 aromatic rings. The molecule has 2 saturated heterocycles. The molecule has 4 rings (SSSR count). The van der Waals surface area contributed by atoms with Gasteiger partial charge < -0.3 is 14.6 Å². The second-order valence-corrected chi connectivity index (χ2v) is 7.77. The summed E-state index contributed by atoms with van der Waals surface area (Å²) < 4.78 is 11.2. The Morgan fingerprint density at radius 3 is 2.50 bits per heavy atom. The number of carboxylic acid groups (broad SMARTS) is 1. The lowest BCUT2D eigenvalue weighted by molar-refractivity contribution is -0.134. The Balaban J connectivity index is 1.63. The van der Waals surface area contributed by atoms with E-state index in [1.165, 1.54) is 32.1 Å². The summed E-state index contributed by atoms with van der Waals surface area (Å²) in [6, 6.07) is 0. The maximum absolute atomic E-state index is 11.7. The van der Waals surface area contributed by atoms with E-state index in [1.54, 1.807) is 6.08 Å². The highest BCUT2D eigenvalue weighted by Gasteiger charge is 2.92. The van der Waals surface area contributed by atoms with Gasteiger partial charge in [-0.25, -0.2) is 4.79 Å². The van der Waals surface area contributed by atoms with Crippen molar-refractivity contribution in [3.63, 3.8) is 0 Å². The lowest BCUT2D eigenvalue weighted by atomic mass is 9.61. The van der Waals surface area contributed by atoms with Crippen molar-refractivity contribution in [2.24, 2.45) is 10.8 Å². The fraction of sp³-hybridized carbons (Fsp3) is 0.812. The monoisotopic (exact) mass is 278 g/mol. The normalized spacial score (nSPS) is 47.8. The second-order valence-electron chi connectivity index (χ2n) is 7.77. The zero-order chi connectivity index (χ0) is 14.2. The summed E-state index contributed by atoms with van der Waals surface area (Å²) in [6.07, 6.45) is 9.58. The van der Waals surface area contributed by atoms with Crippen molar-refractivity contribution in [3.05, 3.63) is 11.6 Å². The zero-order valence-corrected chi connectivity index (χ0v) is 12.2. The highest BCUT2D eigenvalue weighted by Crippen LogP contribution is 2.76. The van der Waals surface area contributed by atoms with Gasteiger partial charge in [0.1, 0.15) is 0 Å². The van der Waals surface area contributed by atoms with E-state index in [0.717, 1.165) is 6.42 Å². The molecule has 1 N–H and O–H groups in total. The fourth-order valence-corrected chi connectivity index (χ4v) is 4.79. The molecule has 0 aromatic heterocycles. The molecule has 2 heterocycles. The Morgan fingerprint density at radius 2 is 1.90 bits per heavy atom. The molecule has 1 atom stereocenters. The van der Waals surface area contributed by atoms with Gasteiger partial charge in [-0.15, -0.1) is 0 Å². The summed E-state index contributed by atoms with van der Waals surface area (Å²) in [6.45, 7) is 4.40. The van der Waals surface area contributed by atoms with Crippen molar-refractivity contribution in [1.82, 2.24) is 0 Å². The summed E-state index contributed by atoms with van der Waals surface area (Å²) in [5, 5.41) is 9.57. The number of hydrogen-bond donors (Lipinski definition) is 1. The van der Waals surface area contributed by atoms with E-state index in [1.807, 2.05) is 0 Å². The first-order valence-electron chi connectivity index (χ1n) is 7.69. The summed E-state index contributed by atoms with van der Waals surface area (Å²) in [5.74, 6) is -1.94. The molecule has 0 radical (unpaired) electrons. The minimum atomic E-state index is -0.819. The first kappa shape index (κ1) is 12.8. The molecule has 3 fully saturated rings. The minimum absolute atomic E-state index is 0.252. The van der Waals surface area contributed by atoms with Gasteiger partial charge >= 0.3 is 5.97 Å². The van der Waals surface area contributed by atoms with Gasteiger partial charge in [-0.05, 0) is 30.8 Å². The average Bonchev–Trinajstić information content (AvgIpc) is 3.12. The van der Waals surface area contributed by atoms with E-state index >= 15 is 0 Å². The number of epoxide rings is 2. The molecule has 0 spiro atoms. The maximum Gasteiger partial charge on any atom is 0.332 e. The molecule has 4 nitrogen and oxygen atoms in total. The van der Waals surface area contributed by atoms with Gasteiger partial charge in [0.25, 0.3) is 0 Å². The van der Waals surface area contributed by atoms with Crippen LogP contribution in [0.2, 0.25) is 0 Å². The molecular formula is C16H22O4. The zero-order valence-electron chi connectivity index (χ0n) is 12.2. The number of carboxylic acids is 1. The van der Waals surface area contributed by atoms with Gasteiger partial charge in [0.05, 0.1) is 0 Å². The van der Waals surface area contributed by atoms with Crippen molar-refractivity contribution >= 4 is 5.97 Å². The number of aliphatic carboxylic acids is 1. The molecule has 110 valence electrons. The summed E-state index contributed by atoms with van der Waals surface area (Å²) in [4.78, 5) is 11.7. The van der Waals surface area contributed by atoms with Gasteiger partial charge in [-0.3, -0.25) is 0 Å². The predicted molar refractivity (Wildman–Crippen MR) is 71.9 cm³/mol. The SMILES string of the molecule is CC1(CC2(C)CC34OC3(C=C2C(=O)O)O4)CCCCC1. The Labute approximate surface area is 119 Å². The molecule has 4 aliphatic rings. The van der Waals surface area contributed by atoms with Crippen molar-refractivity contribution in [3.8, 4) is 0 Å². The van der Waals surface area contributed by atoms with Crippen molar-refractivity contribution in [1.29, 1.82) is 0 Å². The average molecular weight is 278 g/mol. The molecule has 0 amide bonds. The molecule has 1 unspecified atom stereocenters. The highest BCUT2D eigenvalue weighted by molar-refractivity contribution is 5.89. The van der Waals surface area contributed by atoms with Crippen LogP contribution in [0.1, 0.15) is 58.8 Å². The van der Waals surface area contributed by atoms with Gasteiger partial charge in [-0.1, -0.05) is 33.1 Å². The van der Waals surface area contributed by atoms with Gasteiger partial charge in [0, 0.05) is 17.4 Å². The van der Waals surface area contributed by atoms with Crippen LogP contribution in [-0.2, 0) is 14.3 Å².